The summed E-state index contributed by atoms with van der Waals surface area (Å²) in [4.78, 5) is 2.72. The molecule has 0 unspecified atom stereocenters. The molecule has 3 nitrogen and oxygen atoms in total. The van der Waals surface area contributed by atoms with E-state index in [9.17, 15) is 0 Å². The molecule has 0 atom stereocenters. The van der Waals surface area contributed by atoms with E-state index in [1.54, 1.807) is 0 Å². The van der Waals surface area contributed by atoms with Crippen molar-refractivity contribution in [1.82, 2.24) is 9.78 Å². The van der Waals surface area contributed by atoms with Gasteiger partial charge in [-0.2, -0.15) is 5.10 Å². The minimum Gasteiger partial charge on any atom is -0.384 e. The molecule has 2 heterocycles. The lowest BCUT2D eigenvalue weighted by Crippen LogP contribution is -2.04. The zero-order chi connectivity index (χ0) is 10.8. The van der Waals surface area contributed by atoms with Crippen molar-refractivity contribution in [2.24, 2.45) is 0 Å². The Morgan fingerprint density at radius 2 is 2.13 bits per heavy atom. The van der Waals surface area contributed by atoms with Gasteiger partial charge in [-0.25, -0.2) is 4.68 Å². The highest BCUT2D eigenvalue weighted by Gasteiger charge is 2.05. The molecule has 0 aliphatic carbocycles. The van der Waals surface area contributed by atoms with E-state index >= 15 is 0 Å². The first-order chi connectivity index (χ1) is 7.20. The maximum absolute atomic E-state index is 5.89. The topological polar surface area (TPSA) is 43.8 Å². The van der Waals surface area contributed by atoms with Gasteiger partial charge < -0.3 is 5.73 Å². The van der Waals surface area contributed by atoms with Gasteiger partial charge in [0, 0.05) is 15.3 Å². The van der Waals surface area contributed by atoms with Crippen molar-refractivity contribution in [2.75, 3.05) is 5.73 Å². The van der Waals surface area contributed by atoms with Crippen LogP contribution in [0.1, 0.15) is 22.2 Å². The van der Waals surface area contributed by atoms with Gasteiger partial charge in [-0.1, -0.05) is 6.92 Å². The summed E-state index contributed by atoms with van der Waals surface area (Å²) < 4.78 is 1.85. The van der Waals surface area contributed by atoms with Gasteiger partial charge in [0.15, 0.2) is 0 Å². The molecule has 0 saturated carbocycles. The minimum absolute atomic E-state index is 0.765. The molecular formula is C11H15N3S. The number of anilines is 1. The third-order valence-electron chi connectivity index (χ3n) is 2.44. The van der Waals surface area contributed by atoms with Crippen molar-refractivity contribution < 1.29 is 0 Å². The normalized spacial score (nSPS) is 10.8. The maximum atomic E-state index is 5.89. The van der Waals surface area contributed by atoms with Crippen molar-refractivity contribution in [1.29, 1.82) is 0 Å². The SMILES string of the molecule is CCc1ccc(Cn2ncc(C)c2N)s1. The molecule has 0 fully saturated rings. The Hall–Kier alpha value is -1.29. The fourth-order valence-corrected chi connectivity index (χ4v) is 2.40. The second-order valence-corrected chi connectivity index (χ2v) is 4.84. The van der Waals surface area contributed by atoms with Crippen molar-refractivity contribution in [3.8, 4) is 0 Å². The van der Waals surface area contributed by atoms with E-state index in [1.807, 2.05) is 29.1 Å². The molecular weight excluding hydrogens is 206 g/mol. The van der Waals surface area contributed by atoms with Gasteiger partial charge in [0.05, 0.1) is 12.7 Å². The number of hydrogen-bond donors (Lipinski definition) is 1. The van der Waals surface area contributed by atoms with Crippen molar-refractivity contribution in [2.45, 2.75) is 26.8 Å². The van der Waals surface area contributed by atoms with E-state index in [4.69, 9.17) is 5.73 Å². The highest BCUT2D eigenvalue weighted by molar-refractivity contribution is 7.11. The second kappa shape index (κ2) is 4.06. The van der Waals surface area contributed by atoms with Crippen LogP contribution >= 0.6 is 11.3 Å². The van der Waals surface area contributed by atoms with Gasteiger partial charge in [-0.3, -0.25) is 0 Å². The summed E-state index contributed by atoms with van der Waals surface area (Å²) in [5.41, 5.74) is 6.94. The van der Waals surface area contributed by atoms with Gasteiger partial charge in [0.2, 0.25) is 0 Å². The lowest BCUT2D eigenvalue weighted by molar-refractivity contribution is 0.705. The predicted molar refractivity (Wildman–Crippen MR) is 64.2 cm³/mol. The van der Waals surface area contributed by atoms with Crippen LogP contribution in [0.5, 0.6) is 0 Å². The number of thiophene rings is 1. The monoisotopic (exact) mass is 221 g/mol. The number of aromatic nitrogens is 2. The van der Waals surface area contributed by atoms with Crippen LogP contribution in [-0.4, -0.2) is 9.78 Å². The molecule has 0 aliphatic heterocycles. The summed E-state index contributed by atoms with van der Waals surface area (Å²) in [6.07, 6.45) is 2.90. The standard InChI is InChI=1S/C11H15N3S/c1-3-9-4-5-10(15-9)7-14-11(12)8(2)6-13-14/h4-6H,3,7,12H2,1-2H3. The first kappa shape index (κ1) is 10.2. The van der Waals surface area contributed by atoms with Gasteiger partial charge >= 0.3 is 0 Å². The molecule has 80 valence electrons. The van der Waals surface area contributed by atoms with Crippen LogP contribution < -0.4 is 5.73 Å². The van der Waals surface area contributed by atoms with Crippen LogP contribution in [0.2, 0.25) is 0 Å². The molecule has 0 aliphatic rings. The summed E-state index contributed by atoms with van der Waals surface area (Å²) in [6.45, 7) is 4.93. The Morgan fingerprint density at radius 1 is 1.40 bits per heavy atom. The Balaban J connectivity index is 2.18. The molecule has 2 rings (SSSR count). The summed E-state index contributed by atoms with van der Waals surface area (Å²) in [5.74, 6) is 0.765. The smallest absolute Gasteiger partial charge is 0.125 e. The lowest BCUT2D eigenvalue weighted by Gasteiger charge is -2.01. The third kappa shape index (κ3) is 2.04. The second-order valence-electron chi connectivity index (χ2n) is 3.59. The van der Waals surface area contributed by atoms with E-state index in [1.165, 1.54) is 9.75 Å². The molecule has 4 heteroatoms. The molecule has 2 aromatic heterocycles. The Labute approximate surface area is 93.5 Å². The summed E-state index contributed by atoms with van der Waals surface area (Å²) in [7, 11) is 0. The van der Waals surface area contributed by atoms with Crippen LogP contribution in [0.4, 0.5) is 5.82 Å². The third-order valence-corrected chi connectivity index (χ3v) is 3.66. The molecule has 2 N–H and O–H groups in total. The number of hydrogen-bond acceptors (Lipinski definition) is 3. The number of rotatable bonds is 3. The van der Waals surface area contributed by atoms with Crippen LogP contribution in [0.15, 0.2) is 18.3 Å². The molecule has 0 saturated heterocycles. The zero-order valence-corrected chi connectivity index (χ0v) is 9.84. The van der Waals surface area contributed by atoms with E-state index < -0.39 is 0 Å². The molecule has 0 bridgehead atoms. The first-order valence-electron chi connectivity index (χ1n) is 5.06. The molecule has 0 amide bonds. The fourth-order valence-electron chi connectivity index (χ4n) is 1.46. The van der Waals surface area contributed by atoms with Crippen molar-refractivity contribution >= 4 is 17.2 Å². The molecule has 15 heavy (non-hydrogen) atoms. The van der Waals surface area contributed by atoms with Crippen molar-refractivity contribution in [3.05, 3.63) is 33.6 Å². The van der Waals surface area contributed by atoms with Gasteiger partial charge in [-0.15, -0.1) is 11.3 Å². The largest absolute Gasteiger partial charge is 0.384 e. The summed E-state index contributed by atoms with van der Waals surface area (Å²) in [6, 6.07) is 4.33. The van der Waals surface area contributed by atoms with Crippen LogP contribution in [0.25, 0.3) is 0 Å². The molecule has 0 spiro atoms. The van der Waals surface area contributed by atoms with E-state index in [2.05, 4.69) is 24.2 Å². The molecule has 2 aromatic rings. The van der Waals surface area contributed by atoms with E-state index in [-0.39, 0.29) is 0 Å². The molecule has 0 aromatic carbocycles. The first-order valence-corrected chi connectivity index (χ1v) is 5.88. The number of nitrogen functional groups attached to an aromatic ring is 1. The lowest BCUT2D eigenvalue weighted by atomic mass is 10.3. The van der Waals surface area contributed by atoms with Crippen molar-refractivity contribution in [3.63, 3.8) is 0 Å². The van der Waals surface area contributed by atoms with E-state index in [0.29, 0.717) is 0 Å². The van der Waals surface area contributed by atoms with Crippen LogP contribution in [0, 0.1) is 6.92 Å². The van der Waals surface area contributed by atoms with E-state index in [0.717, 1.165) is 24.3 Å². The number of nitrogens with zero attached hydrogens (tertiary/aromatic N) is 2. The average Bonchev–Trinajstić information content (AvgIpc) is 2.80. The predicted octanol–water partition coefficient (Wildman–Crippen LogP) is 2.45. The summed E-state index contributed by atoms with van der Waals surface area (Å²) in [5, 5.41) is 4.24. The fraction of sp³-hybridized carbons (Fsp3) is 0.364. The highest BCUT2D eigenvalue weighted by atomic mass is 32.1. The van der Waals surface area contributed by atoms with Gasteiger partial charge in [0.25, 0.3) is 0 Å². The minimum atomic E-state index is 0.765. The van der Waals surface area contributed by atoms with Gasteiger partial charge in [-0.05, 0) is 25.5 Å². The number of aryl methyl sites for hydroxylation is 2. The van der Waals surface area contributed by atoms with Gasteiger partial charge in [0.1, 0.15) is 5.82 Å². The highest BCUT2D eigenvalue weighted by Crippen LogP contribution is 2.19. The maximum Gasteiger partial charge on any atom is 0.125 e. The zero-order valence-electron chi connectivity index (χ0n) is 9.03. The van der Waals surface area contributed by atoms with Crippen LogP contribution in [0.3, 0.4) is 0 Å². The molecule has 0 radical (unpaired) electrons. The Bertz CT molecular complexity index is 456. The Kier molecular flexibility index (Phi) is 2.77. The average molecular weight is 221 g/mol. The van der Waals surface area contributed by atoms with Crippen LogP contribution in [-0.2, 0) is 13.0 Å². The summed E-state index contributed by atoms with van der Waals surface area (Å²) >= 11 is 1.83. The Morgan fingerprint density at radius 3 is 2.67 bits per heavy atom. The quantitative estimate of drug-likeness (QED) is 0.865. The number of nitrogens with two attached hydrogens (primary N) is 1.